The van der Waals surface area contributed by atoms with Gasteiger partial charge in [0.25, 0.3) is 11.8 Å². The molecule has 33 heavy (non-hydrogen) atoms. The predicted octanol–water partition coefficient (Wildman–Crippen LogP) is 1.79. The maximum absolute atomic E-state index is 12.8. The van der Waals surface area contributed by atoms with E-state index in [9.17, 15) is 19.2 Å². The van der Waals surface area contributed by atoms with Crippen molar-refractivity contribution >= 4 is 23.6 Å². The summed E-state index contributed by atoms with van der Waals surface area (Å²) in [6.45, 7) is 1.51. The number of benzene rings is 1. The molecule has 3 aliphatic heterocycles. The number of imide groups is 2. The van der Waals surface area contributed by atoms with Gasteiger partial charge in [0, 0.05) is 19.4 Å². The number of nitrogens with zero attached hydrogens (tertiary/aromatic N) is 1. The van der Waals surface area contributed by atoms with Crippen molar-refractivity contribution in [3.05, 3.63) is 29.3 Å². The molecule has 2 fully saturated rings. The number of fused-ring (bicyclic) bond motifs is 1. The van der Waals surface area contributed by atoms with Crippen LogP contribution in [0.25, 0.3) is 0 Å². The first-order valence-corrected chi connectivity index (χ1v) is 11.2. The number of unbranched alkanes of at least 4 members (excludes halogenated alkanes) is 1. The maximum Gasteiger partial charge on any atom is 0.262 e. The molecule has 0 saturated carbocycles. The van der Waals surface area contributed by atoms with Crippen LogP contribution in [-0.2, 0) is 19.1 Å². The van der Waals surface area contributed by atoms with Crippen molar-refractivity contribution < 1.29 is 33.4 Å². The summed E-state index contributed by atoms with van der Waals surface area (Å²) in [5, 5.41) is 2.18. The lowest BCUT2D eigenvalue weighted by atomic mass is 10.0. The van der Waals surface area contributed by atoms with Crippen molar-refractivity contribution in [3.8, 4) is 17.6 Å². The zero-order valence-corrected chi connectivity index (χ0v) is 18.3. The Balaban J connectivity index is 1.25. The topological polar surface area (TPSA) is 111 Å². The molecule has 3 heterocycles. The minimum Gasteiger partial charge on any atom is -0.481 e. The van der Waals surface area contributed by atoms with Gasteiger partial charge in [-0.3, -0.25) is 29.4 Å². The Bertz CT molecular complexity index is 1000. The lowest BCUT2D eigenvalue weighted by Gasteiger charge is -2.27. The van der Waals surface area contributed by atoms with E-state index in [2.05, 4.69) is 17.2 Å². The van der Waals surface area contributed by atoms with E-state index < -0.39 is 29.7 Å². The smallest absolute Gasteiger partial charge is 0.262 e. The fourth-order valence-electron chi connectivity index (χ4n) is 4.02. The molecule has 4 amide bonds. The Hall–Kier alpha value is -3.22. The Morgan fingerprint density at radius 2 is 1.91 bits per heavy atom. The van der Waals surface area contributed by atoms with E-state index in [1.807, 2.05) is 0 Å². The molecule has 0 spiro atoms. The molecule has 2 saturated heterocycles. The Morgan fingerprint density at radius 1 is 1.06 bits per heavy atom. The molecule has 9 nitrogen and oxygen atoms in total. The monoisotopic (exact) mass is 454 g/mol. The van der Waals surface area contributed by atoms with Crippen LogP contribution in [0.3, 0.4) is 0 Å². The summed E-state index contributed by atoms with van der Waals surface area (Å²) in [4.78, 5) is 49.9. The second-order valence-corrected chi connectivity index (χ2v) is 8.07. The second-order valence-electron chi connectivity index (χ2n) is 8.07. The van der Waals surface area contributed by atoms with Crippen LogP contribution in [0, 0.1) is 11.8 Å². The average Bonchev–Trinajstić information content (AvgIpc) is 3.06. The highest BCUT2D eigenvalue weighted by Gasteiger charge is 2.44. The minimum atomic E-state index is -0.987. The predicted molar refractivity (Wildman–Crippen MR) is 115 cm³/mol. The summed E-state index contributed by atoms with van der Waals surface area (Å²) in [7, 11) is 0. The molecule has 174 valence electrons. The van der Waals surface area contributed by atoms with Crippen LogP contribution < -0.4 is 10.1 Å². The quantitative estimate of drug-likeness (QED) is 0.380. The molecule has 0 aromatic heterocycles. The van der Waals surface area contributed by atoms with Crippen LogP contribution >= 0.6 is 0 Å². The third-order valence-electron chi connectivity index (χ3n) is 5.73. The maximum atomic E-state index is 12.8. The zero-order chi connectivity index (χ0) is 23.2. The van der Waals surface area contributed by atoms with Gasteiger partial charge in [0.15, 0.2) is 6.29 Å². The normalized spacial score (nSPS) is 22.5. The summed E-state index contributed by atoms with van der Waals surface area (Å²) >= 11 is 0. The van der Waals surface area contributed by atoms with E-state index in [0.717, 1.165) is 37.2 Å². The van der Waals surface area contributed by atoms with Gasteiger partial charge < -0.3 is 14.2 Å². The summed E-state index contributed by atoms with van der Waals surface area (Å²) in [5.41, 5.74) is 0.391. The Morgan fingerprint density at radius 3 is 2.70 bits per heavy atom. The molecule has 1 aromatic carbocycles. The molecule has 2 atom stereocenters. The van der Waals surface area contributed by atoms with E-state index in [1.54, 1.807) is 6.07 Å². The largest absolute Gasteiger partial charge is 0.481 e. The highest BCUT2D eigenvalue weighted by atomic mass is 16.7. The van der Waals surface area contributed by atoms with Crippen molar-refractivity contribution in [1.29, 1.82) is 0 Å². The third-order valence-corrected chi connectivity index (χ3v) is 5.73. The van der Waals surface area contributed by atoms with E-state index in [-0.39, 0.29) is 36.9 Å². The van der Waals surface area contributed by atoms with E-state index in [0.29, 0.717) is 18.8 Å². The first kappa shape index (κ1) is 23.0. The molecular formula is C24H26N2O7. The van der Waals surface area contributed by atoms with Crippen LogP contribution in [0.15, 0.2) is 18.2 Å². The van der Waals surface area contributed by atoms with Gasteiger partial charge in [-0.05, 0) is 50.3 Å². The number of piperidine rings is 1. The first-order valence-electron chi connectivity index (χ1n) is 11.2. The average molecular weight is 454 g/mol. The number of hydrogen-bond acceptors (Lipinski definition) is 7. The van der Waals surface area contributed by atoms with Crippen molar-refractivity contribution in [2.24, 2.45) is 0 Å². The van der Waals surface area contributed by atoms with Crippen molar-refractivity contribution in [2.75, 3.05) is 19.8 Å². The van der Waals surface area contributed by atoms with Crippen LogP contribution in [0.1, 0.15) is 65.7 Å². The van der Waals surface area contributed by atoms with Gasteiger partial charge in [-0.25, -0.2) is 0 Å². The number of carbonyl (C=O) groups is 4. The zero-order valence-electron chi connectivity index (χ0n) is 18.3. The summed E-state index contributed by atoms with van der Waals surface area (Å²) in [6, 6.07) is 3.60. The molecule has 9 heteroatoms. The minimum absolute atomic E-state index is 0.0807. The van der Waals surface area contributed by atoms with Crippen molar-refractivity contribution in [1.82, 2.24) is 10.2 Å². The van der Waals surface area contributed by atoms with Gasteiger partial charge in [0.1, 0.15) is 18.4 Å². The molecule has 1 N–H and O–H groups in total. The number of rotatable bonds is 7. The molecule has 3 aliphatic rings. The van der Waals surface area contributed by atoms with Crippen molar-refractivity contribution in [2.45, 2.75) is 57.3 Å². The van der Waals surface area contributed by atoms with Gasteiger partial charge >= 0.3 is 0 Å². The van der Waals surface area contributed by atoms with Gasteiger partial charge in [-0.2, -0.15) is 0 Å². The number of carbonyl (C=O) groups excluding carboxylic acids is 4. The van der Waals surface area contributed by atoms with Crippen LogP contribution in [0.5, 0.6) is 5.75 Å². The summed E-state index contributed by atoms with van der Waals surface area (Å²) < 4.78 is 16.8. The van der Waals surface area contributed by atoms with Crippen LogP contribution in [0.2, 0.25) is 0 Å². The highest BCUT2D eigenvalue weighted by Crippen LogP contribution is 2.30. The van der Waals surface area contributed by atoms with Crippen LogP contribution in [-0.4, -0.2) is 60.7 Å². The Labute approximate surface area is 191 Å². The molecule has 1 aromatic rings. The van der Waals surface area contributed by atoms with Crippen molar-refractivity contribution in [3.63, 3.8) is 0 Å². The number of ether oxygens (including phenoxy) is 3. The highest BCUT2D eigenvalue weighted by molar-refractivity contribution is 6.23. The van der Waals surface area contributed by atoms with Gasteiger partial charge in [0.2, 0.25) is 11.8 Å². The fourth-order valence-corrected chi connectivity index (χ4v) is 4.02. The van der Waals surface area contributed by atoms with E-state index >= 15 is 0 Å². The summed E-state index contributed by atoms with van der Waals surface area (Å²) in [5.74, 6) is 4.20. The molecule has 0 aliphatic carbocycles. The molecule has 4 rings (SSSR count). The standard InChI is InChI=1S/C24H26N2O7/c27-20-11-10-19(22(28)25-20)26-23(29)17-9-8-16(15-18(17)24(26)30)31-12-4-1-2-5-13-32-21-7-3-6-14-33-21/h8-9,15,19,21H,2-3,5-7,10-14H2,(H,25,27,28). The summed E-state index contributed by atoms with van der Waals surface area (Å²) in [6.07, 6.45) is 4.77. The van der Waals surface area contributed by atoms with E-state index in [1.165, 1.54) is 12.1 Å². The van der Waals surface area contributed by atoms with Gasteiger partial charge in [-0.15, -0.1) is 0 Å². The van der Waals surface area contributed by atoms with Gasteiger partial charge in [-0.1, -0.05) is 11.8 Å². The SMILES string of the molecule is O=C1CCC(N2C(=O)c3ccc(OCC#CCCCOC4CCCCO4)cc3C2=O)C(=O)N1. The third kappa shape index (κ3) is 5.41. The lowest BCUT2D eigenvalue weighted by molar-refractivity contribution is -0.162. The molecule has 0 bridgehead atoms. The number of hydrogen-bond donors (Lipinski definition) is 1. The fraction of sp³-hybridized carbons (Fsp3) is 0.500. The van der Waals surface area contributed by atoms with E-state index in [4.69, 9.17) is 14.2 Å². The second kappa shape index (κ2) is 10.6. The number of amides is 4. The van der Waals surface area contributed by atoms with Gasteiger partial charge in [0.05, 0.1) is 17.7 Å². The first-order chi connectivity index (χ1) is 16.0. The molecular weight excluding hydrogens is 428 g/mol. The van der Waals surface area contributed by atoms with Crippen LogP contribution in [0.4, 0.5) is 0 Å². The lowest BCUT2D eigenvalue weighted by Crippen LogP contribution is -2.54. The molecule has 0 radical (unpaired) electrons. The molecule has 2 unspecified atom stereocenters. The Kier molecular flexibility index (Phi) is 7.37. The number of nitrogens with one attached hydrogen (secondary N) is 1.